The summed E-state index contributed by atoms with van der Waals surface area (Å²) in [6.07, 6.45) is 2.01. The molecule has 1 aliphatic heterocycles. The van der Waals surface area contributed by atoms with Crippen molar-refractivity contribution in [2.45, 2.75) is 25.8 Å². The molecule has 0 N–H and O–H groups in total. The van der Waals surface area contributed by atoms with Crippen LogP contribution in [0, 0.1) is 0 Å². The van der Waals surface area contributed by atoms with Crippen LogP contribution in [0.5, 0.6) is 0 Å². The molecule has 1 aromatic rings. The van der Waals surface area contributed by atoms with Crippen LogP contribution in [0.15, 0.2) is 16.5 Å². The molecule has 0 aliphatic carbocycles. The Morgan fingerprint density at radius 2 is 2.06 bits per heavy atom. The van der Waals surface area contributed by atoms with Gasteiger partial charge in [0.05, 0.1) is 0 Å². The highest BCUT2D eigenvalue weighted by molar-refractivity contribution is 5.91. The fourth-order valence-corrected chi connectivity index (χ4v) is 1.96. The van der Waals surface area contributed by atoms with E-state index in [9.17, 15) is 4.79 Å². The summed E-state index contributed by atoms with van der Waals surface area (Å²) in [6, 6.07) is 4.03. The van der Waals surface area contributed by atoms with Gasteiger partial charge in [0.25, 0.3) is 0 Å². The number of carbonyl (C=O) groups excluding carboxylic acids is 1. The van der Waals surface area contributed by atoms with Crippen molar-refractivity contribution in [3.63, 3.8) is 0 Å². The second-order valence-electron chi connectivity index (χ2n) is 4.15. The van der Waals surface area contributed by atoms with Crippen LogP contribution in [-0.2, 0) is 4.74 Å². The smallest absolute Gasteiger partial charge is 0.196 e. The van der Waals surface area contributed by atoms with Gasteiger partial charge in [0.2, 0.25) is 0 Å². The van der Waals surface area contributed by atoms with Crippen LogP contribution in [-0.4, -0.2) is 32.1 Å². The average molecular weight is 223 g/mol. The summed E-state index contributed by atoms with van der Waals surface area (Å²) >= 11 is 0. The van der Waals surface area contributed by atoms with Crippen LogP contribution < -0.4 is 4.90 Å². The molecule has 0 spiro atoms. The van der Waals surface area contributed by atoms with Crippen LogP contribution in [0.3, 0.4) is 0 Å². The fourth-order valence-electron chi connectivity index (χ4n) is 1.96. The number of ketones is 1. The van der Waals surface area contributed by atoms with Gasteiger partial charge in [0.15, 0.2) is 17.4 Å². The zero-order valence-electron chi connectivity index (χ0n) is 9.73. The van der Waals surface area contributed by atoms with Crippen molar-refractivity contribution in [2.75, 3.05) is 25.2 Å². The number of anilines is 1. The van der Waals surface area contributed by atoms with Gasteiger partial charge in [-0.05, 0) is 18.9 Å². The maximum Gasteiger partial charge on any atom is 0.196 e. The highest BCUT2D eigenvalue weighted by atomic mass is 16.5. The molecule has 0 atom stereocenters. The molecule has 0 unspecified atom stereocenters. The number of hydrogen-bond donors (Lipinski definition) is 0. The van der Waals surface area contributed by atoms with Gasteiger partial charge < -0.3 is 14.1 Å². The predicted octanol–water partition coefficient (Wildman–Crippen LogP) is 2.10. The molecule has 1 fully saturated rings. The van der Waals surface area contributed by atoms with Gasteiger partial charge in [0.1, 0.15) is 0 Å². The minimum atomic E-state index is -0.0355. The number of Topliss-reactive ketones (excluding diaryl/α,β-unsaturated/α-hetero) is 1. The summed E-state index contributed by atoms with van der Waals surface area (Å²) in [6.45, 7) is 3.11. The first-order valence-electron chi connectivity index (χ1n) is 5.60. The van der Waals surface area contributed by atoms with E-state index in [4.69, 9.17) is 9.15 Å². The summed E-state index contributed by atoms with van der Waals surface area (Å²) in [5, 5.41) is 0. The summed E-state index contributed by atoms with van der Waals surface area (Å²) in [5.41, 5.74) is 0. The topological polar surface area (TPSA) is 42.7 Å². The molecule has 2 rings (SSSR count). The SMILES string of the molecule is CC(=O)c1ccc(N(C)C2CCOCC2)o1. The highest BCUT2D eigenvalue weighted by Gasteiger charge is 2.21. The molecule has 0 bridgehead atoms. The summed E-state index contributed by atoms with van der Waals surface area (Å²) < 4.78 is 10.8. The van der Waals surface area contributed by atoms with E-state index in [1.165, 1.54) is 6.92 Å². The van der Waals surface area contributed by atoms with Crippen molar-refractivity contribution in [3.05, 3.63) is 17.9 Å². The van der Waals surface area contributed by atoms with E-state index >= 15 is 0 Å². The molecule has 1 saturated heterocycles. The maximum absolute atomic E-state index is 11.1. The number of ether oxygens (including phenoxy) is 1. The van der Waals surface area contributed by atoms with Gasteiger partial charge >= 0.3 is 0 Å². The molecule has 16 heavy (non-hydrogen) atoms. The third kappa shape index (κ3) is 2.27. The Kier molecular flexibility index (Phi) is 3.29. The quantitative estimate of drug-likeness (QED) is 0.736. The van der Waals surface area contributed by atoms with Crippen molar-refractivity contribution in [3.8, 4) is 0 Å². The second kappa shape index (κ2) is 4.70. The number of carbonyl (C=O) groups is 1. The van der Waals surface area contributed by atoms with E-state index in [0.29, 0.717) is 11.8 Å². The molecule has 4 heteroatoms. The third-order valence-electron chi connectivity index (χ3n) is 3.02. The molecule has 1 aromatic heterocycles. The number of nitrogens with zero attached hydrogens (tertiary/aromatic N) is 1. The van der Waals surface area contributed by atoms with E-state index in [-0.39, 0.29) is 5.78 Å². The van der Waals surface area contributed by atoms with E-state index in [1.54, 1.807) is 6.07 Å². The standard InChI is InChI=1S/C12H17NO3/c1-9(14)11-3-4-12(16-11)13(2)10-5-7-15-8-6-10/h3-4,10H,5-8H2,1-2H3. The molecular formula is C12H17NO3. The van der Waals surface area contributed by atoms with E-state index in [1.807, 2.05) is 13.1 Å². The molecule has 1 aliphatic rings. The van der Waals surface area contributed by atoms with Crippen molar-refractivity contribution < 1.29 is 13.9 Å². The minimum Gasteiger partial charge on any atom is -0.437 e. The Morgan fingerprint density at radius 3 is 2.62 bits per heavy atom. The van der Waals surface area contributed by atoms with Gasteiger partial charge in [-0.25, -0.2) is 0 Å². The normalized spacial score (nSPS) is 17.4. The Labute approximate surface area is 95.2 Å². The van der Waals surface area contributed by atoms with Gasteiger partial charge in [0, 0.05) is 39.3 Å². The minimum absolute atomic E-state index is 0.0355. The summed E-state index contributed by atoms with van der Waals surface area (Å²) in [5.74, 6) is 1.15. The van der Waals surface area contributed by atoms with Crippen LogP contribution in [0.1, 0.15) is 30.3 Å². The van der Waals surface area contributed by atoms with E-state index < -0.39 is 0 Å². The van der Waals surface area contributed by atoms with Gasteiger partial charge in [-0.15, -0.1) is 0 Å². The third-order valence-corrected chi connectivity index (χ3v) is 3.02. The van der Waals surface area contributed by atoms with Crippen LogP contribution in [0.4, 0.5) is 5.88 Å². The van der Waals surface area contributed by atoms with Crippen LogP contribution in [0.25, 0.3) is 0 Å². The van der Waals surface area contributed by atoms with Gasteiger partial charge in [-0.3, -0.25) is 4.79 Å². The largest absolute Gasteiger partial charge is 0.437 e. The first kappa shape index (κ1) is 11.2. The Bertz CT molecular complexity index is 366. The first-order valence-corrected chi connectivity index (χ1v) is 5.60. The van der Waals surface area contributed by atoms with E-state index in [0.717, 1.165) is 31.9 Å². The van der Waals surface area contributed by atoms with Crippen LogP contribution in [0.2, 0.25) is 0 Å². The molecular weight excluding hydrogens is 206 g/mol. The Balaban J connectivity index is 2.07. The van der Waals surface area contributed by atoms with E-state index in [2.05, 4.69) is 4.90 Å². The average Bonchev–Trinajstić information content (AvgIpc) is 2.78. The molecule has 88 valence electrons. The molecule has 0 aromatic carbocycles. The van der Waals surface area contributed by atoms with Crippen molar-refractivity contribution in [1.29, 1.82) is 0 Å². The highest BCUT2D eigenvalue weighted by Crippen LogP contribution is 2.23. The van der Waals surface area contributed by atoms with Gasteiger partial charge in [-0.2, -0.15) is 0 Å². The molecule has 2 heterocycles. The summed E-state index contributed by atoms with van der Waals surface area (Å²) in [7, 11) is 2.00. The fraction of sp³-hybridized carbons (Fsp3) is 0.583. The molecule has 0 saturated carbocycles. The van der Waals surface area contributed by atoms with Crippen molar-refractivity contribution in [1.82, 2.24) is 0 Å². The molecule has 4 nitrogen and oxygen atoms in total. The monoisotopic (exact) mass is 223 g/mol. The first-order chi connectivity index (χ1) is 7.68. The Morgan fingerprint density at radius 1 is 1.38 bits per heavy atom. The lowest BCUT2D eigenvalue weighted by molar-refractivity contribution is 0.0845. The number of furan rings is 1. The lowest BCUT2D eigenvalue weighted by atomic mass is 10.1. The lowest BCUT2D eigenvalue weighted by Gasteiger charge is -2.30. The Hall–Kier alpha value is -1.29. The van der Waals surface area contributed by atoms with Crippen molar-refractivity contribution in [2.24, 2.45) is 0 Å². The number of rotatable bonds is 3. The summed E-state index contributed by atoms with van der Waals surface area (Å²) in [4.78, 5) is 13.2. The van der Waals surface area contributed by atoms with Gasteiger partial charge in [-0.1, -0.05) is 0 Å². The molecule has 0 amide bonds. The molecule has 0 radical (unpaired) electrons. The predicted molar refractivity (Wildman–Crippen MR) is 61.0 cm³/mol. The van der Waals surface area contributed by atoms with Crippen LogP contribution >= 0.6 is 0 Å². The zero-order chi connectivity index (χ0) is 11.5. The lowest BCUT2D eigenvalue weighted by Crippen LogP contribution is -2.36. The van der Waals surface area contributed by atoms with Crippen molar-refractivity contribution >= 4 is 11.7 Å². The number of hydrogen-bond acceptors (Lipinski definition) is 4. The second-order valence-corrected chi connectivity index (χ2v) is 4.15. The maximum atomic E-state index is 11.1. The zero-order valence-corrected chi connectivity index (χ0v) is 9.73.